The molecule has 3 rings (SSSR count). The van der Waals surface area contributed by atoms with Gasteiger partial charge in [-0.3, -0.25) is 9.69 Å². The molecule has 0 N–H and O–H groups in total. The first-order valence-corrected chi connectivity index (χ1v) is 11.5. The standard InChI is InChI=1S/C22H19F4N3O4S/c1-12-7-18(17-6-5-15(23)11-19(17)33-3)20(28-27-12)29(2)21(30)13-8-14(22(24,25)26)10-16(9-13)34(4,31)32/h5-11H,1-4H3. The molecule has 0 saturated carbocycles. The summed E-state index contributed by atoms with van der Waals surface area (Å²) in [5.41, 5.74) is -0.697. The van der Waals surface area contributed by atoms with Gasteiger partial charge in [-0.1, -0.05) is 0 Å². The molecule has 180 valence electrons. The van der Waals surface area contributed by atoms with Gasteiger partial charge in [-0.15, -0.1) is 5.10 Å². The smallest absolute Gasteiger partial charge is 0.416 e. The quantitative estimate of drug-likeness (QED) is 0.489. The number of rotatable bonds is 5. The van der Waals surface area contributed by atoms with Crippen LogP contribution < -0.4 is 9.64 Å². The van der Waals surface area contributed by atoms with Crippen molar-refractivity contribution in [1.29, 1.82) is 0 Å². The molecule has 0 atom stereocenters. The summed E-state index contributed by atoms with van der Waals surface area (Å²) in [6, 6.07) is 7.14. The Bertz CT molecular complexity index is 1380. The molecule has 0 spiro atoms. The van der Waals surface area contributed by atoms with E-state index in [4.69, 9.17) is 4.74 Å². The number of carbonyl (C=O) groups excluding carboxylic acids is 1. The molecule has 0 unspecified atom stereocenters. The van der Waals surface area contributed by atoms with Crippen molar-refractivity contribution in [3.63, 3.8) is 0 Å². The number of methoxy groups -OCH3 is 1. The SMILES string of the molecule is COc1cc(F)ccc1-c1cc(C)nnc1N(C)C(=O)c1cc(C(F)(F)F)cc(S(C)(=O)=O)c1. The number of benzene rings is 2. The average Bonchev–Trinajstić information content (AvgIpc) is 2.76. The van der Waals surface area contributed by atoms with Gasteiger partial charge in [0.2, 0.25) is 0 Å². The first-order chi connectivity index (χ1) is 15.7. The number of sulfone groups is 1. The molecule has 34 heavy (non-hydrogen) atoms. The second kappa shape index (κ2) is 9.01. The molecule has 1 amide bonds. The van der Waals surface area contributed by atoms with Gasteiger partial charge in [0.25, 0.3) is 5.91 Å². The molecule has 0 radical (unpaired) electrons. The highest BCUT2D eigenvalue weighted by Crippen LogP contribution is 2.37. The third kappa shape index (κ3) is 5.16. The second-order valence-electron chi connectivity index (χ2n) is 7.45. The van der Waals surface area contributed by atoms with Crippen LogP contribution >= 0.6 is 0 Å². The highest BCUT2D eigenvalue weighted by Gasteiger charge is 2.33. The summed E-state index contributed by atoms with van der Waals surface area (Å²) in [5, 5.41) is 7.92. The van der Waals surface area contributed by atoms with Crippen LogP contribution in [0.3, 0.4) is 0 Å². The van der Waals surface area contributed by atoms with Crippen LogP contribution in [0.25, 0.3) is 11.1 Å². The van der Waals surface area contributed by atoms with Gasteiger partial charge in [0, 0.05) is 36.1 Å². The number of aromatic nitrogens is 2. The molecule has 1 heterocycles. The maximum absolute atomic E-state index is 13.7. The van der Waals surface area contributed by atoms with E-state index in [1.807, 2.05) is 0 Å². The number of alkyl halides is 3. The molecule has 0 aliphatic carbocycles. The summed E-state index contributed by atoms with van der Waals surface area (Å²) in [6.45, 7) is 1.63. The predicted molar refractivity (Wildman–Crippen MR) is 116 cm³/mol. The van der Waals surface area contributed by atoms with Gasteiger partial charge in [-0.05, 0) is 43.3 Å². The third-order valence-electron chi connectivity index (χ3n) is 4.88. The number of ether oxygens (including phenoxy) is 1. The number of halogens is 4. The number of hydrogen-bond donors (Lipinski definition) is 0. The highest BCUT2D eigenvalue weighted by atomic mass is 32.2. The van der Waals surface area contributed by atoms with Crippen LogP contribution in [0.2, 0.25) is 0 Å². The third-order valence-corrected chi connectivity index (χ3v) is 5.97. The van der Waals surface area contributed by atoms with E-state index in [0.29, 0.717) is 29.0 Å². The lowest BCUT2D eigenvalue weighted by Gasteiger charge is -2.21. The summed E-state index contributed by atoms with van der Waals surface area (Å²) in [4.78, 5) is 13.5. The first kappa shape index (κ1) is 25.1. The lowest BCUT2D eigenvalue weighted by Crippen LogP contribution is -2.28. The fourth-order valence-corrected chi connectivity index (χ4v) is 3.89. The number of carbonyl (C=O) groups is 1. The van der Waals surface area contributed by atoms with Crippen molar-refractivity contribution in [2.24, 2.45) is 0 Å². The van der Waals surface area contributed by atoms with E-state index in [9.17, 15) is 30.8 Å². The van der Waals surface area contributed by atoms with Gasteiger partial charge in [0.1, 0.15) is 11.6 Å². The summed E-state index contributed by atoms with van der Waals surface area (Å²) >= 11 is 0. The predicted octanol–water partition coefficient (Wildman–Crippen LogP) is 4.30. The molecule has 0 fully saturated rings. The van der Waals surface area contributed by atoms with E-state index in [1.165, 1.54) is 26.3 Å². The molecule has 0 aliphatic heterocycles. The molecule has 12 heteroatoms. The van der Waals surface area contributed by atoms with E-state index in [2.05, 4.69) is 10.2 Å². The van der Waals surface area contributed by atoms with Crippen LogP contribution in [0, 0.1) is 12.7 Å². The molecular formula is C22H19F4N3O4S. The van der Waals surface area contributed by atoms with E-state index in [0.717, 1.165) is 23.3 Å². The molecular weight excluding hydrogens is 478 g/mol. The molecule has 3 aromatic rings. The topological polar surface area (TPSA) is 89.5 Å². The van der Waals surface area contributed by atoms with Gasteiger partial charge in [-0.2, -0.15) is 18.3 Å². The van der Waals surface area contributed by atoms with Gasteiger partial charge < -0.3 is 4.74 Å². The minimum atomic E-state index is -4.88. The van der Waals surface area contributed by atoms with Crippen LogP contribution in [0.5, 0.6) is 5.75 Å². The molecule has 2 aromatic carbocycles. The zero-order valence-corrected chi connectivity index (χ0v) is 19.3. The zero-order chi connectivity index (χ0) is 25.4. The Hall–Kier alpha value is -3.54. The Labute approximate surface area is 192 Å². The summed E-state index contributed by atoms with van der Waals surface area (Å²) < 4.78 is 82.9. The van der Waals surface area contributed by atoms with E-state index in [1.54, 1.807) is 13.0 Å². The number of hydrogen-bond acceptors (Lipinski definition) is 6. The van der Waals surface area contributed by atoms with Crippen LogP contribution in [-0.2, 0) is 16.0 Å². The highest BCUT2D eigenvalue weighted by molar-refractivity contribution is 7.90. The molecule has 0 saturated heterocycles. The maximum Gasteiger partial charge on any atom is 0.416 e. The molecule has 1 aromatic heterocycles. The van der Waals surface area contributed by atoms with Crippen LogP contribution in [0.4, 0.5) is 23.4 Å². The van der Waals surface area contributed by atoms with Gasteiger partial charge in [0.05, 0.1) is 23.3 Å². The van der Waals surface area contributed by atoms with Crippen LogP contribution in [0.15, 0.2) is 47.4 Å². The lowest BCUT2D eigenvalue weighted by molar-refractivity contribution is -0.137. The minimum Gasteiger partial charge on any atom is -0.496 e. The van der Waals surface area contributed by atoms with E-state index < -0.39 is 43.8 Å². The largest absolute Gasteiger partial charge is 0.496 e. The number of amides is 1. The van der Waals surface area contributed by atoms with Crippen molar-refractivity contribution < 1.29 is 35.5 Å². The van der Waals surface area contributed by atoms with Crippen molar-refractivity contribution in [3.05, 3.63) is 65.1 Å². The van der Waals surface area contributed by atoms with Crippen molar-refractivity contribution in [3.8, 4) is 16.9 Å². The number of aryl methyl sites for hydroxylation is 1. The normalized spacial score (nSPS) is 11.9. The fourth-order valence-electron chi connectivity index (χ4n) is 3.21. The Balaban J connectivity index is 2.17. The summed E-state index contributed by atoms with van der Waals surface area (Å²) in [5.74, 6) is -1.45. The Morgan fingerprint density at radius 1 is 1.03 bits per heavy atom. The number of nitrogens with zero attached hydrogens (tertiary/aromatic N) is 3. The van der Waals surface area contributed by atoms with E-state index >= 15 is 0 Å². The van der Waals surface area contributed by atoms with Crippen molar-refractivity contribution in [2.45, 2.75) is 18.0 Å². The van der Waals surface area contributed by atoms with Gasteiger partial charge in [0.15, 0.2) is 15.7 Å². The van der Waals surface area contributed by atoms with Crippen molar-refractivity contribution in [2.75, 3.05) is 25.3 Å². The Kier molecular flexibility index (Phi) is 6.65. The summed E-state index contributed by atoms with van der Waals surface area (Å²) in [6.07, 6.45) is -4.14. The average molecular weight is 497 g/mol. The van der Waals surface area contributed by atoms with Gasteiger partial charge >= 0.3 is 6.18 Å². The zero-order valence-electron chi connectivity index (χ0n) is 18.4. The maximum atomic E-state index is 13.7. The van der Waals surface area contributed by atoms with Crippen molar-refractivity contribution >= 4 is 21.6 Å². The second-order valence-corrected chi connectivity index (χ2v) is 9.46. The number of anilines is 1. The minimum absolute atomic E-state index is 0.0566. The molecule has 0 bridgehead atoms. The van der Waals surface area contributed by atoms with E-state index in [-0.39, 0.29) is 11.6 Å². The molecule has 7 nitrogen and oxygen atoms in total. The Morgan fingerprint density at radius 3 is 2.29 bits per heavy atom. The Morgan fingerprint density at radius 2 is 1.71 bits per heavy atom. The van der Waals surface area contributed by atoms with Crippen LogP contribution in [-0.4, -0.2) is 44.9 Å². The first-order valence-electron chi connectivity index (χ1n) is 9.61. The monoisotopic (exact) mass is 497 g/mol. The van der Waals surface area contributed by atoms with Gasteiger partial charge in [-0.25, -0.2) is 12.8 Å². The summed E-state index contributed by atoms with van der Waals surface area (Å²) in [7, 11) is -1.48. The fraction of sp³-hybridized carbons (Fsp3) is 0.227. The van der Waals surface area contributed by atoms with Crippen LogP contribution in [0.1, 0.15) is 21.6 Å². The lowest BCUT2D eigenvalue weighted by atomic mass is 10.0. The molecule has 0 aliphatic rings. The van der Waals surface area contributed by atoms with Crippen molar-refractivity contribution in [1.82, 2.24) is 10.2 Å².